The van der Waals surface area contributed by atoms with E-state index < -0.39 is 0 Å². The van der Waals surface area contributed by atoms with Gasteiger partial charge in [0, 0.05) is 5.56 Å². The van der Waals surface area contributed by atoms with Gasteiger partial charge >= 0.3 is 0 Å². The van der Waals surface area contributed by atoms with Crippen LogP contribution in [0.15, 0.2) is 42.5 Å². The molecule has 0 aliphatic rings. The molecule has 2 aromatic rings. The van der Waals surface area contributed by atoms with Crippen molar-refractivity contribution >= 4 is 5.78 Å². The topological polar surface area (TPSA) is 26.3 Å². The molecule has 0 aromatic heterocycles. The number of aryl methyl sites for hydroxylation is 2. The molecule has 0 radical (unpaired) electrons. The van der Waals surface area contributed by atoms with Crippen molar-refractivity contribution in [2.24, 2.45) is 0 Å². The Morgan fingerprint density at radius 1 is 1.11 bits per heavy atom. The van der Waals surface area contributed by atoms with E-state index >= 15 is 0 Å². The van der Waals surface area contributed by atoms with Gasteiger partial charge in [-0.3, -0.25) is 4.79 Å². The van der Waals surface area contributed by atoms with E-state index in [4.69, 9.17) is 4.74 Å². The summed E-state index contributed by atoms with van der Waals surface area (Å²) >= 11 is 0. The number of carbonyl (C=O) groups is 1. The van der Waals surface area contributed by atoms with Crippen molar-refractivity contribution in [2.45, 2.75) is 20.3 Å². The summed E-state index contributed by atoms with van der Waals surface area (Å²) in [6, 6.07) is 13.4. The van der Waals surface area contributed by atoms with Gasteiger partial charge in [0.25, 0.3) is 0 Å². The normalized spacial score (nSPS) is 10.3. The van der Waals surface area contributed by atoms with Gasteiger partial charge in [0.1, 0.15) is 5.75 Å². The van der Waals surface area contributed by atoms with E-state index in [0.717, 1.165) is 12.0 Å². The van der Waals surface area contributed by atoms with E-state index in [2.05, 4.69) is 6.92 Å². The van der Waals surface area contributed by atoms with Crippen LogP contribution in [0.1, 0.15) is 34.0 Å². The first-order valence-electron chi connectivity index (χ1n) is 6.44. The molecule has 0 aliphatic carbocycles. The van der Waals surface area contributed by atoms with E-state index in [1.54, 1.807) is 7.11 Å². The molecule has 0 unspecified atom stereocenters. The largest absolute Gasteiger partial charge is 0.496 e. The first-order chi connectivity index (χ1) is 9.15. The Morgan fingerprint density at radius 3 is 2.37 bits per heavy atom. The van der Waals surface area contributed by atoms with Gasteiger partial charge in [0.2, 0.25) is 0 Å². The number of hydrogen-bond acceptors (Lipinski definition) is 2. The van der Waals surface area contributed by atoms with Crippen molar-refractivity contribution in [2.75, 3.05) is 7.11 Å². The summed E-state index contributed by atoms with van der Waals surface area (Å²) in [7, 11) is 1.59. The van der Waals surface area contributed by atoms with Crippen LogP contribution in [0, 0.1) is 6.92 Å². The Morgan fingerprint density at radius 2 is 1.79 bits per heavy atom. The maximum Gasteiger partial charge on any atom is 0.196 e. The lowest BCUT2D eigenvalue weighted by Gasteiger charge is -2.09. The highest BCUT2D eigenvalue weighted by Crippen LogP contribution is 2.23. The minimum Gasteiger partial charge on any atom is -0.496 e. The fraction of sp³-hybridized carbons (Fsp3) is 0.235. The van der Waals surface area contributed by atoms with Gasteiger partial charge in [-0.2, -0.15) is 0 Å². The number of hydrogen-bond donors (Lipinski definition) is 0. The lowest BCUT2D eigenvalue weighted by atomic mass is 9.99. The second kappa shape index (κ2) is 5.70. The Labute approximate surface area is 114 Å². The minimum absolute atomic E-state index is 0.000460. The summed E-state index contributed by atoms with van der Waals surface area (Å²) in [6.45, 7) is 4.08. The molecule has 0 bridgehead atoms. The lowest BCUT2D eigenvalue weighted by molar-refractivity contribution is 0.103. The van der Waals surface area contributed by atoms with Crippen LogP contribution in [0.3, 0.4) is 0 Å². The van der Waals surface area contributed by atoms with E-state index in [0.29, 0.717) is 16.9 Å². The molecule has 0 N–H and O–H groups in total. The second-order valence-electron chi connectivity index (χ2n) is 4.58. The fourth-order valence-electron chi connectivity index (χ4n) is 2.03. The van der Waals surface area contributed by atoms with Crippen LogP contribution < -0.4 is 4.74 Å². The zero-order valence-electron chi connectivity index (χ0n) is 11.6. The molecule has 0 amide bonds. The Kier molecular flexibility index (Phi) is 4.00. The van der Waals surface area contributed by atoms with Crippen molar-refractivity contribution < 1.29 is 9.53 Å². The summed E-state index contributed by atoms with van der Waals surface area (Å²) in [4.78, 5) is 12.5. The number of carbonyl (C=O) groups excluding carboxylic acids is 1. The molecule has 0 saturated carbocycles. The molecule has 2 nitrogen and oxygen atoms in total. The molecule has 2 aromatic carbocycles. The molecular weight excluding hydrogens is 236 g/mol. The van der Waals surface area contributed by atoms with Crippen LogP contribution in [0.2, 0.25) is 0 Å². The van der Waals surface area contributed by atoms with E-state index in [1.807, 2.05) is 49.4 Å². The predicted molar refractivity (Wildman–Crippen MR) is 77.0 cm³/mol. The standard InChI is InChI=1S/C17H18O2/c1-4-13-6-8-14(9-7-13)17(18)15-10-5-12(2)11-16(15)19-3/h5-11H,4H2,1-3H3. The highest BCUT2D eigenvalue weighted by Gasteiger charge is 2.14. The number of ketones is 1. The Balaban J connectivity index is 2.37. The van der Waals surface area contributed by atoms with Crippen molar-refractivity contribution in [3.63, 3.8) is 0 Å². The lowest BCUT2D eigenvalue weighted by Crippen LogP contribution is -2.04. The molecule has 0 aliphatic heterocycles. The number of rotatable bonds is 4. The quantitative estimate of drug-likeness (QED) is 0.776. The van der Waals surface area contributed by atoms with Crippen molar-refractivity contribution in [1.82, 2.24) is 0 Å². The number of methoxy groups -OCH3 is 1. The smallest absolute Gasteiger partial charge is 0.196 e. The van der Waals surface area contributed by atoms with Gasteiger partial charge in [-0.25, -0.2) is 0 Å². The van der Waals surface area contributed by atoms with Gasteiger partial charge in [-0.15, -0.1) is 0 Å². The molecule has 0 heterocycles. The molecule has 0 fully saturated rings. The van der Waals surface area contributed by atoms with Gasteiger partial charge < -0.3 is 4.74 Å². The Hall–Kier alpha value is -2.09. The molecule has 2 heteroatoms. The molecular formula is C17H18O2. The van der Waals surface area contributed by atoms with E-state index in [1.165, 1.54) is 5.56 Å². The third-order valence-corrected chi connectivity index (χ3v) is 3.23. The summed E-state index contributed by atoms with van der Waals surface area (Å²) in [5, 5.41) is 0. The monoisotopic (exact) mass is 254 g/mol. The fourth-order valence-corrected chi connectivity index (χ4v) is 2.03. The van der Waals surface area contributed by atoms with Crippen molar-refractivity contribution in [3.8, 4) is 5.75 Å². The van der Waals surface area contributed by atoms with Crippen molar-refractivity contribution in [1.29, 1.82) is 0 Å². The van der Waals surface area contributed by atoms with Crippen LogP contribution in [0.4, 0.5) is 0 Å². The maximum absolute atomic E-state index is 12.5. The molecule has 2 rings (SSSR count). The average molecular weight is 254 g/mol. The van der Waals surface area contributed by atoms with Gasteiger partial charge in [-0.05, 0) is 36.6 Å². The van der Waals surface area contributed by atoms with Gasteiger partial charge in [0.15, 0.2) is 5.78 Å². The Bertz CT molecular complexity index is 583. The molecule has 0 saturated heterocycles. The highest BCUT2D eigenvalue weighted by atomic mass is 16.5. The van der Waals surface area contributed by atoms with Crippen LogP contribution in [0.5, 0.6) is 5.75 Å². The summed E-state index contributed by atoms with van der Waals surface area (Å²) in [5.41, 5.74) is 3.61. The van der Waals surface area contributed by atoms with E-state index in [9.17, 15) is 4.79 Å². The first kappa shape index (κ1) is 13.3. The number of ether oxygens (including phenoxy) is 1. The first-order valence-corrected chi connectivity index (χ1v) is 6.44. The zero-order valence-corrected chi connectivity index (χ0v) is 11.6. The minimum atomic E-state index is -0.000460. The van der Waals surface area contributed by atoms with E-state index in [-0.39, 0.29) is 5.78 Å². The molecule has 0 spiro atoms. The van der Waals surface area contributed by atoms with Gasteiger partial charge in [-0.1, -0.05) is 37.3 Å². The van der Waals surface area contributed by atoms with Crippen molar-refractivity contribution in [3.05, 3.63) is 64.7 Å². The summed E-state index contributed by atoms with van der Waals surface area (Å²) < 4.78 is 5.29. The zero-order chi connectivity index (χ0) is 13.8. The van der Waals surface area contributed by atoms with Crippen LogP contribution >= 0.6 is 0 Å². The van der Waals surface area contributed by atoms with Crippen LogP contribution in [-0.4, -0.2) is 12.9 Å². The SMILES string of the molecule is CCc1ccc(C(=O)c2ccc(C)cc2OC)cc1. The van der Waals surface area contributed by atoms with Crippen LogP contribution in [-0.2, 0) is 6.42 Å². The molecule has 0 atom stereocenters. The van der Waals surface area contributed by atoms with Crippen LogP contribution in [0.25, 0.3) is 0 Å². The molecule has 98 valence electrons. The summed E-state index contributed by atoms with van der Waals surface area (Å²) in [6.07, 6.45) is 0.975. The third kappa shape index (κ3) is 2.84. The maximum atomic E-state index is 12.5. The predicted octanol–water partition coefficient (Wildman–Crippen LogP) is 3.80. The molecule has 19 heavy (non-hydrogen) atoms. The average Bonchev–Trinajstić information content (AvgIpc) is 2.46. The third-order valence-electron chi connectivity index (χ3n) is 3.23. The van der Waals surface area contributed by atoms with Gasteiger partial charge in [0.05, 0.1) is 12.7 Å². The summed E-state index contributed by atoms with van der Waals surface area (Å²) in [5.74, 6) is 0.629. The second-order valence-corrected chi connectivity index (χ2v) is 4.58. The number of benzene rings is 2. The highest BCUT2D eigenvalue weighted by molar-refractivity contribution is 6.10.